The summed E-state index contributed by atoms with van der Waals surface area (Å²) in [6.07, 6.45) is 0. The van der Waals surface area contributed by atoms with E-state index in [-0.39, 0.29) is 23.8 Å². The van der Waals surface area contributed by atoms with Crippen LogP contribution >= 0.6 is 11.3 Å². The summed E-state index contributed by atoms with van der Waals surface area (Å²) < 4.78 is 10.9. The van der Waals surface area contributed by atoms with Crippen molar-refractivity contribution in [2.24, 2.45) is 0 Å². The molecule has 3 rings (SSSR count). The molecule has 0 atom stereocenters. The van der Waals surface area contributed by atoms with Gasteiger partial charge in [-0.1, -0.05) is 12.1 Å². The molecule has 0 aliphatic carbocycles. The Kier molecular flexibility index (Phi) is 6.03. The number of hydrogen-bond donors (Lipinski definition) is 0. The average molecular weight is 415 g/mol. The highest BCUT2D eigenvalue weighted by atomic mass is 32.1. The molecule has 0 saturated heterocycles. The van der Waals surface area contributed by atoms with E-state index >= 15 is 0 Å². The molecule has 1 amide bonds. The fourth-order valence-electron chi connectivity index (χ4n) is 2.56. The number of hydrogen-bond acceptors (Lipinski definition) is 8. The van der Waals surface area contributed by atoms with Crippen molar-refractivity contribution in [2.45, 2.75) is 6.54 Å². The summed E-state index contributed by atoms with van der Waals surface area (Å²) in [4.78, 5) is 40.4. The van der Waals surface area contributed by atoms with Crippen LogP contribution in [0.4, 0.5) is 5.69 Å². The van der Waals surface area contributed by atoms with Crippen LogP contribution in [0, 0.1) is 10.1 Å². The summed E-state index contributed by atoms with van der Waals surface area (Å²) in [5.74, 6) is -1.17. The van der Waals surface area contributed by atoms with Crippen molar-refractivity contribution < 1.29 is 24.0 Å². The number of amides is 1. The lowest BCUT2D eigenvalue weighted by Gasteiger charge is -2.16. The Labute approximate surface area is 169 Å². The van der Waals surface area contributed by atoms with E-state index in [9.17, 15) is 19.7 Å². The number of ether oxygens (including phenoxy) is 2. The first-order valence-electron chi connectivity index (χ1n) is 8.47. The lowest BCUT2D eigenvalue weighted by atomic mass is 10.2. The molecule has 0 saturated carbocycles. The van der Waals surface area contributed by atoms with Gasteiger partial charge in [0.15, 0.2) is 12.4 Å². The molecule has 9 nitrogen and oxygen atoms in total. The van der Waals surface area contributed by atoms with Crippen LogP contribution in [0.5, 0.6) is 5.75 Å². The zero-order chi connectivity index (χ0) is 21.0. The van der Waals surface area contributed by atoms with Gasteiger partial charge in [0.2, 0.25) is 0 Å². The van der Waals surface area contributed by atoms with Crippen molar-refractivity contribution in [2.75, 3.05) is 20.8 Å². The Morgan fingerprint density at radius 1 is 1.24 bits per heavy atom. The molecule has 1 heterocycles. The monoisotopic (exact) mass is 415 g/mol. The van der Waals surface area contributed by atoms with Crippen LogP contribution in [0.15, 0.2) is 42.5 Å². The predicted octanol–water partition coefficient (Wildman–Crippen LogP) is 3.03. The van der Waals surface area contributed by atoms with Crippen LogP contribution < -0.4 is 4.74 Å². The largest absolute Gasteiger partial charge is 0.477 e. The standard InChI is InChI=1S/C19H17N3O6S/c1-21(10-17-20-13-5-3-4-6-16(13)29-17)18(23)11-28-15-8-7-12(19(24)27-2)9-14(15)22(25)26/h3-9H,10-11H2,1-2H3. The molecule has 0 fully saturated rings. The van der Waals surface area contributed by atoms with Crippen LogP contribution in [-0.2, 0) is 16.1 Å². The number of fused-ring (bicyclic) bond motifs is 1. The van der Waals surface area contributed by atoms with Crippen LogP contribution in [0.25, 0.3) is 10.2 Å². The quantitative estimate of drug-likeness (QED) is 0.331. The summed E-state index contributed by atoms with van der Waals surface area (Å²) in [5, 5.41) is 12.0. The van der Waals surface area contributed by atoms with Gasteiger partial charge in [-0.15, -0.1) is 11.3 Å². The molecule has 0 spiro atoms. The summed E-state index contributed by atoms with van der Waals surface area (Å²) in [6, 6.07) is 11.3. The van der Waals surface area contributed by atoms with Gasteiger partial charge in [-0.05, 0) is 24.3 Å². The third-order valence-corrected chi connectivity index (χ3v) is 5.09. The molecule has 3 aromatic rings. The minimum atomic E-state index is -0.703. The van der Waals surface area contributed by atoms with E-state index < -0.39 is 16.6 Å². The second-order valence-corrected chi connectivity index (χ2v) is 7.16. The van der Waals surface area contributed by atoms with Gasteiger partial charge in [0.1, 0.15) is 5.01 Å². The molecule has 0 N–H and O–H groups in total. The molecule has 0 bridgehead atoms. The SMILES string of the molecule is COC(=O)c1ccc(OCC(=O)N(C)Cc2nc3ccccc3s2)c([N+](=O)[O-])c1. The summed E-state index contributed by atoms with van der Waals surface area (Å²) >= 11 is 1.49. The van der Waals surface area contributed by atoms with Crippen LogP contribution in [0.2, 0.25) is 0 Å². The number of para-hydroxylation sites is 1. The highest BCUT2D eigenvalue weighted by Gasteiger charge is 2.21. The zero-order valence-corrected chi connectivity index (χ0v) is 16.5. The molecule has 0 aliphatic heterocycles. The fraction of sp³-hybridized carbons (Fsp3) is 0.211. The van der Waals surface area contributed by atoms with Crippen molar-refractivity contribution in [3.63, 3.8) is 0 Å². The lowest BCUT2D eigenvalue weighted by molar-refractivity contribution is -0.385. The Balaban J connectivity index is 1.66. The number of aromatic nitrogens is 1. The number of carbonyl (C=O) groups is 2. The highest BCUT2D eigenvalue weighted by Crippen LogP contribution is 2.28. The van der Waals surface area contributed by atoms with Crippen molar-refractivity contribution >= 4 is 39.1 Å². The van der Waals surface area contributed by atoms with E-state index in [2.05, 4.69) is 9.72 Å². The summed E-state index contributed by atoms with van der Waals surface area (Å²) in [7, 11) is 2.78. The van der Waals surface area contributed by atoms with Gasteiger partial charge in [-0.2, -0.15) is 0 Å². The molecule has 0 radical (unpaired) electrons. The van der Waals surface area contributed by atoms with Gasteiger partial charge in [-0.25, -0.2) is 9.78 Å². The number of carbonyl (C=O) groups excluding carboxylic acids is 2. The van der Waals surface area contributed by atoms with Gasteiger partial charge in [0, 0.05) is 13.1 Å². The van der Waals surface area contributed by atoms with Crippen molar-refractivity contribution in [1.82, 2.24) is 9.88 Å². The summed E-state index contributed by atoms with van der Waals surface area (Å²) in [6.45, 7) is -0.0925. The minimum absolute atomic E-state index is 0.0193. The van der Waals surface area contributed by atoms with Gasteiger partial charge >= 0.3 is 11.7 Å². The molecular formula is C19H17N3O6S. The Bertz CT molecular complexity index is 1050. The van der Waals surface area contributed by atoms with Crippen molar-refractivity contribution in [3.8, 4) is 5.75 Å². The van der Waals surface area contributed by atoms with E-state index in [4.69, 9.17) is 4.74 Å². The lowest BCUT2D eigenvalue weighted by Crippen LogP contribution is -2.31. The molecule has 150 valence electrons. The van der Waals surface area contributed by atoms with Gasteiger partial charge in [0.25, 0.3) is 5.91 Å². The van der Waals surface area contributed by atoms with Gasteiger partial charge in [-0.3, -0.25) is 14.9 Å². The first-order valence-corrected chi connectivity index (χ1v) is 9.28. The van der Waals surface area contributed by atoms with E-state index in [1.165, 1.54) is 35.5 Å². The number of nitro benzene ring substituents is 1. The van der Waals surface area contributed by atoms with E-state index in [0.29, 0.717) is 6.54 Å². The zero-order valence-electron chi connectivity index (χ0n) is 15.7. The average Bonchev–Trinajstić information content (AvgIpc) is 3.13. The number of nitrogens with zero attached hydrogens (tertiary/aromatic N) is 3. The molecule has 29 heavy (non-hydrogen) atoms. The Morgan fingerprint density at radius 3 is 2.69 bits per heavy atom. The maximum Gasteiger partial charge on any atom is 0.338 e. The number of methoxy groups -OCH3 is 1. The van der Waals surface area contributed by atoms with Crippen LogP contribution in [0.3, 0.4) is 0 Å². The number of esters is 1. The first-order chi connectivity index (χ1) is 13.9. The third-order valence-electron chi connectivity index (χ3n) is 4.06. The van der Waals surface area contributed by atoms with Crippen molar-refractivity contribution in [3.05, 3.63) is 63.1 Å². The number of benzene rings is 2. The van der Waals surface area contributed by atoms with Crippen molar-refractivity contribution in [1.29, 1.82) is 0 Å². The number of thiazole rings is 1. The van der Waals surface area contributed by atoms with E-state index in [1.807, 2.05) is 24.3 Å². The second-order valence-electron chi connectivity index (χ2n) is 6.05. The minimum Gasteiger partial charge on any atom is -0.477 e. The highest BCUT2D eigenvalue weighted by molar-refractivity contribution is 7.18. The maximum atomic E-state index is 12.4. The van der Waals surface area contributed by atoms with E-state index in [0.717, 1.165) is 21.3 Å². The Hall–Kier alpha value is -3.53. The van der Waals surface area contributed by atoms with Gasteiger partial charge < -0.3 is 14.4 Å². The number of nitro groups is 1. The van der Waals surface area contributed by atoms with Crippen LogP contribution in [0.1, 0.15) is 15.4 Å². The molecule has 10 heteroatoms. The fourth-order valence-corrected chi connectivity index (χ4v) is 3.58. The number of likely N-dealkylation sites (N-methyl/N-ethyl adjacent to an activating group) is 1. The van der Waals surface area contributed by atoms with Crippen LogP contribution in [-0.4, -0.2) is 47.4 Å². The third kappa shape index (κ3) is 4.66. The normalized spacial score (nSPS) is 10.6. The van der Waals surface area contributed by atoms with E-state index in [1.54, 1.807) is 7.05 Å². The molecule has 0 unspecified atom stereocenters. The number of rotatable bonds is 7. The second kappa shape index (κ2) is 8.65. The molecule has 2 aromatic carbocycles. The maximum absolute atomic E-state index is 12.4. The molecule has 0 aliphatic rings. The molecule has 1 aromatic heterocycles. The molecular weight excluding hydrogens is 398 g/mol. The summed E-state index contributed by atoms with van der Waals surface area (Å²) in [5.41, 5.74) is 0.464. The van der Waals surface area contributed by atoms with Gasteiger partial charge in [0.05, 0.1) is 34.4 Å². The smallest absolute Gasteiger partial charge is 0.338 e. The first kappa shape index (κ1) is 20.2. The Morgan fingerprint density at radius 2 is 2.00 bits per heavy atom. The predicted molar refractivity (Wildman–Crippen MR) is 106 cm³/mol. The topological polar surface area (TPSA) is 112 Å².